The minimum atomic E-state index is -0.276. The zero-order valence-corrected chi connectivity index (χ0v) is 6.29. The molecule has 4 nitrogen and oxygen atoms in total. The van der Waals surface area contributed by atoms with E-state index in [-0.39, 0.29) is 17.2 Å². The molecule has 0 amide bonds. The van der Waals surface area contributed by atoms with Gasteiger partial charge in [0.25, 0.3) is 0 Å². The molecule has 0 aliphatic carbocycles. The van der Waals surface area contributed by atoms with E-state index in [4.69, 9.17) is 11.5 Å². The minimum Gasteiger partial charge on any atom is -0.394 e. The fourth-order valence-electron chi connectivity index (χ4n) is 0.857. The van der Waals surface area contributed by atoms with Crippen LogP contribution in [0.15, 0.2) is 17.2 Å². The van der Waals surface area contributed by atoms with E-state index in [1.165, 1.54) is 6.20 Å². The standard InChI is InChI=1S/C7H11N3O/c1-4(8)5-2-10-3-6(9)7(5)11/h2-4H,8-9H2,1H3,(H,10,11). The molecule has 0 spiro atoms. The van der Waals surface area contributed by atoms with Gasteiger partial charge in [0, 0.05) is 24.0 Å². The zero-order chi connectivity index (χ0) is 8.43. The van der Waals surface area contributed by atoms with Crippen molar-refractivity contribution in [1.82, 2.24) is 4.98 Å². The van der Waals surface area contributed by atoms with Crippen LogP contribution in [0, 0.1) is 0 Å². The van der Waals surface area contributed by atoms with Crippen molar-refractivity contribution < 1.29 is 0 Å². The van der Waals surface area contributed by atoms with Crippen molar-refractivity contribution in [2.45, 2.75) is 13.0 Å². The maximum atomic E-state index is 11.2. The quantitative estimate of drug-likeness (QED) is 0.530. The smallest absolute Gasteiger partial charge is 0.209 e. The first-order valence-corrected chi connectivity index (χ1v) is 3.35. The SMILES string of the molecule is CC(N)c1c[nH]cc(N)c1=O. The summed E-state index contributed by atoms with van der Waals surface area (Å²) in [6.45, 7) is 1.74. The Morgan fingerprint density at radius 3 is 2.64 bits per heavy atom. The molecule has 1 unspecified atom stereocenters. The minimum absolute atomic E-state index is 0.182. The van der Waals surface area contributed by atoms with Crippen LogP contribution in [0.25, 0.3) is 0 Å². The van der Waals surface area contributed by atoms with E-state index in [1.54, 1.807) is 13.1 Å². The van der Waals surface area contributed by atoms with Gasteiger partial charge in [-0.2, -0.15) is 0 Å². The summed E-state index contributed by atoms with van der Waals surface area (Å²) in [6.07, 6.45) is 3.03. The summed E-state index contributed by atoms with van der Waals surface area (Å²) < 4.78 is 0. The molecule has 1 aromatic heterocycles. The molecule has 0 aliphatic heterocycles. The Kier molecular flexibility index (Phi) is 1.96. The number of nitrogens with one attached hydrogen (secondary N) is 1. The van der Waals surface area contributed by atoms with Crippen LogP contribution in [-0.2, 0) is 0 Å². The molecule has 60 valence electrons. The van der Waals surface area contributed by atoms with Crippen LogP contribution in [0.4, 0.5) is 5.69 Å². The number of hydrogen-bond donors (Lipinski definition) is 3. The summed E-state index contributed by atoms with van der Waals surface area (Å²) in [6, 6.07) is -0.276. The van der Waals surface area contributed by atoms with Crippen molar-refractivity contribution in [1.29, 1.82) is 0 Å². The van der Waals surface area contributed by atoms with Crippen molar-refractivity contribution in [3.05, 3.63) is 28.2 Å². The maximum Gasteiger partial charge on any atom is 0.209 e. The van der Waals surface area contributed by atoms with Gasteiger partial charge < -0.3 is 16.5 Å². The molecular formula is C7H11N3O. The van der Waals surface area contributed by atoms with Gasteiger partial charge in [0.15, 0.2) is 0 Å². The molecule has 0 fully saturated rings. The molecular weight excluding hydrogens is 142 g/mol. The monoisotopic (exact) mass is 153 g/mol. The van der Waals surface area contributed by atoms with Gasteiger partial charge in [-0.05, 0) is 6.92 Å². The van der Waals surface area contributed by atoms with E-state index in [9.17, 15) is 4.79 Å². The Morgan fingerprint density at radius 1 is 1.55 bits per heavy atom. The molecule has 1 atom stereocenters. The molecule has 0 saturated heterocycles. The third-order valence-corrected chi connectivity index (χ3v) is 1.49. The van der Waals surface area contributed by atoms with Gasteiger partial charge in [-0.1, -0.05) is 0 Å². The van der Waals surface area contributed by atoms with E-state index in [0.29, 0.717) is 5.56 Å². The summed E-state index contributed by atoms with van der Waals surface area (Å²) in [7, 11) is 0. The Labute approximate surface area is 64.2 Å². The van der Waals surface area contributed by atoms with Gasteiger partial charge in [-0.15, -0.1) is 0 Å². The highest BCUT2D eigenvalue weighted by atomic mass is 16.1. The third kappa shape index (κ3) is 1.40. The highest BCUT2D eigenvalue weighted by Gasteiger charge is 2.05. The molecule has 1 heterocycles. The van der Waals surface area contributed by atoms with Crippen LogP contribution >= 0.6 is 0 Å². The summed E-state index contributed by atoms with van der Waals surface area (Å²) in [5.41, 5.74) is 11.4. The van der Waals surface area contributed by atoms with E-state index in [0.717, 1.165) is 0 Å². The Bertz CT molecular complexity index is 303. The van der Waals surface area contributed by atoms with Crippen molar-refractivity contribution in [3.63, 3.8) is 0 Å². The van der Waals surface area contributed by atoms with Gasteiger partial charge in [-0.3, -0.25) is 4.79 Å². The first kappa shape index (κ1) is 7.81. The zero-order valence-electron chi connectivity index (χ0n) is 6.29. The normalized spacial score (nSPS) is 12.9. The summed E-state index contributed by atoms with van der Waals surface area (Å²) in [4.78, 5) is 13.9. The van der Waals surface area contributed by atoms with Crippen LogP contribution in [0.1, 0.15) is 18.5 Å². The van der Waals surface area contributed by atoms with Gasteiger partial charge in [0.05, 0.1) is 5.69 Å². The molecule has 4 heteroatoms. The predicted molar refractivity (Wildman–Crippen MR) is 44.1 cm³/mol. The molecule has 0 aromatic carbocycles. The number of aromatic nitrogens is 1. The van der Waals surface area contributed by atoms with Crippen LogP contribution in [0.5, 0.6) is 0 Å². The van der Waals surface area contributed by atoms with Gasteiger partial charge >= 0.3 is 0 Å². The van der Waals surface area contributed by atoms with Gasteiger partial charge in [0.2, 0.25) is 5.43 Å². The molecule has 11 heavy (non-hydrogen) atoms. The first-order valence-electron chi connectivity index (χ1n) is 3.35. The Hall–Kier alpha value is -1.29. The number of hydrogen-bond acceptors (Lipinski definition) is 3. The molecule has 0 bridgehead atoms. The highest BCUT2D eigenvalue weighted by molar-refractivity contribution is 5.37. The van der Waals surface area contributed by atoms with Crippen molar-refractivity contribution >= 4 is 5.69 Å². The van der Waals surface area contributed by atoms with E-state index in [1.807, 2.05) is 0 Å². The highest BCUT2D eigenvalue weighted by Crippen LogP contribution is 2.02. The number of aromatic amines is 1. The number of H-pyrrole nitrogens is 1. The number of pyridine rings is 1. The summed E-state index contributed by atoms with van der Waals surface area (Å²) in [5.74, 6) is 0. The van der Waals surface area contributed by atoms with Crippen LogP contribution < -0.4 is 16.9 Å². The Balaban J connectivity index is 3.28. The molecule has 0 aliphatic rings. The first-order chi connectivity index (χ1) is 5.13. The fourth-order valence-corrected chi connectivity index (χ4v) is 0.857. The fraction of sp³-hybridized carbons (Fsp3) is 0.286. The average molecular weight is 153 g/mol. The predicted octanol–water partition coefficient (Wildman–Crippen LogP) is -0.0232. The second-order valence-corrected chi connectivity index (χ2v) is 2.48. The molecule has 5 N–H and O–H groups in total. The van der Waals surface area contributed by atoms with E-state index >= 15 is 0 Å². The van der Waals surface area contributed by atoms with Crippen molar-refractivity contribution in [2.24, 2.45) is 5.73 Å². The number of nitrogen functional groups attached to an aromatic ring is 1. The van der Waals surface area contributed by atoms with Crippen LogP contribution in [0.3, 0.4) is 0 Å². The number of rotatable bonds is 1. The lowest BCUT2D eigenvalue weighted by Crippen LogP contribution is -2.19. The van der Waals surface area contributed by atoms with Gasteiger partial charge in [0.1, 0.15) is 0 Å². The second-order valence-electron chi connectivity index (χ2n) is 2.48. The van der Waals surface area contributed by atoms with Gasteiger partial charge in [-0.25, -0.2) is 0 Å². The number of anilines is 1. The van der Waals surface area contributed by atoms with Crippen LogP contribution in [-0.4, -0.2) is 4.98 Å². The molecule has 0 radical (unpaired) electrons. The van der Waals surface area contributed by atoms with Crippen LogP contribution in [0.2, 0.25) is 0 Å². The third-order valence-electron chi connectivity index (χ3n) is 1.49. The van der Waals surface area contributed by atoms with E-state index < -0.39 is 0 Å². The average Bonchev–Trinajstić information content (AvgIpc) is 1.94. The lowest BCUT2D eigenvalue weighted by Gasteiger charge is -2.03. The lowest BCUT2D eigenvalue weighted by atomic mass is 10.1. The molecule has 1 rings (SSSR count). The van der Waals surface area contributed by atoms with Crippen molar-refractivity contribution in [3.8, 4) is 0 Å². The Morgan fingerprint density at radius 2 is 2.18 bits per heavy atom. The summed E-state index contributed by atoms with van der Waals surface area (Å²) >= 11 is 0. The topological polar surface area (TPSA) is 84.9 Å². The molecule has 0 saturated carbocycles. The van der Waals surface area contributed by atoms with E-state index in [2.05, 4.69) is 4.98 Å². The van der Waals surface area contributed by atoms with Crippen molar-refractivity contribution in [2.75, 3.05) is 5.73 Å². The lowest BCUT2D eigenvalue weighted by molar-refractivity contribution is 0.804. The summed E-state index contributed by atoms with van der Waals surface area (Å²) in [5, 5.41) is 0. The second kappa shape index (κ2) is 2.75. The molecule has 1 aromatic rings. The largest absolute Gasteiger partial charge is 0.394 e. The number of nitrogens with two attached hydrogens (primary N) is 2. The maximum absolute atomic E-state index is 11.2.